The van der Waals surface area contributed by atoms with Gasteiger partial charge in [-0.3, -0.25) is 9.59 Å². The van der Waals surface area contributed by atoms with E-state index in [-0.39, 0.29) is 36.4 Å². The molecule has 1 aliphatic rings. The van der Waals surface area contributed by atoms with E-state index >= 15 is 0 Å². The summed E-state index contributed by atoms with van der Waals surface area (Å²) in [6, 6.07) is 12.1. The fraction of sp³-hybridized carbons (Fsp3) is 0.333. The molecule has 1 atom stereocenters. The second-order valence-corrected chi connectivity index (χ2v) is 7.04. The van der Waals surface area contributed by atoms with E-state index in [2.05, 4.69) is 19.2 Å². The molecule has 3 rings (SSSR count). The number of nitrogens with one attached hydrogen (secondary N) is 1. The van der Waals surface area contributed by atoms with Crippen LogP contribution in [0, 0.1) is 18.7 Å². The van der Waals surface area contributed by atoms with Gasteiger partial charge in [-0.25, -0.2) is 4.39 Å². The second kappa shape index (κ2) is 7.28. The Labute approximate surface area is 153 Å². The van der Waals surface area contributed by atoms with E-state index < -0.39 is 11.7 Å². The molecular formula is C21H23FN2O2. The van der Waals surface area contributed by atoms with E-state index in [4.69, 9.17) is 0 Å². The van der Waals surface area contributed by atoms with E-state index in [1.807, 2.05) is 25.1 Å². The quantitative estimate of drug-likeness (QED) is 0.892. The van der Waals surface area contributed by atoms with Gasteiger partial charge in [0.05, 0.1) is 11.6 Å². The first-order valence-electron chi connectivity index (χ1n) is 8.83. The van der Waals surface area contributed by atoms with Gasteiger partial charge >= 0.3 is 0 Å². The zero-order chi connectivity index (χ0) is 18.8. The van der Waals surface area contributed by atoms with Gasteiger partial charge in [-0.15, -0.1) is 0 Å². The standard InChI is InChI=1S/C21H23FN2O2/c1-13(2)16-8-6-7-14(3)20(16)23-21(26)15-11-19(25)24(12-15)18-10-5-4-9-17(18)22/h4-10,13,15H,11-12H2,1-3H3,(H,23,26). The predicted molar refractivity (Wildman–Crippen MR) is 101 cm³/mol. The van der Waals surface area contributed by atoms with Crippen LogP contribution >= 0.6 is 0 Å². The van der Waals surface area contributed by atoms with Crippen molar-refractivity contribution >= 4 is 23.2 Å². The molecule has 26 heavy (non-hydrogen) atoms. The van der Waals surface area contributed by atoms with E-state index in [9.17, 15) is 14.0 Å². The molecule has 1 fully saturated rings. The van der Waals surface area contributed by atoms with Gasteiger partial charge in [-0.2, -0.15) is 0 Å². The van der Waals surface area contributed by atoms with E-state index in [0.29, 0.717) is 0 Å². The maximum atomic E-state index is 14.0. The molecule has 0 spiro atoms. The summed E-state index contributed by atoms with van der Waals surface area (Å²) in [7, 11) is 0. The summed E-state index contributed by atoms with van der Waals surface area (Å²) in [5.41, 5.74) is 3.09. The van der Waals surface area contributed by atoms with Gasteiger partial charge in [0, 0.05) is 18.7 Å². The van der Waals surface area contributed by atoms with Gasteiger partial charge in [-0.05, 0) is 36.1 Å². The van der Waals surface area contributed by atoms with Gasteiger partial charge in [0.25, 0.3) is 0 Å². The lowest BCUT2D eigenvalue weighted by molar-refractivity contribution is -0.122. The van der Waals surface area contributed by atoms with Gasteiger partial charge in [0.15, 0.2) is 0 Å². The fourth-order valence-electron chi connectivity index (χ4n) is 3.35. The van der Waals surface area contributed by atoms with Crippen LogP contribution in [0.1, 0.15) is 37.3 Å². The molecular weight excluding hydrogens is 331 g/mol. The van der Waals surface area contributed by atoms with Crippen molar-refractivity contribution in [1.29, 1.82) is 0 Å². The largest absolute Gasteiger partial charge is 0.325 e. The average molecular weight is 354 g/mol. The molecule has 1 heterocycles. The highest BCUT2D eigenvalue weighted by atomic mass is 19.1. The number of nitrogens with zero attached hydrogens (tertiary/aromatic N) is 1. The van der Waals surface area contributed by atoms with Gasteiger partial charge in [0.1, 0.15) is 5.82 Å². The Kier molecular flexibility index (Phi) is 5.07. The molecule has 1 aliphatic heterocycles. The Bertz CT molecular complexity index is 848. The molecule has 5 heteroatoms. The number of aryl methyl sites for hydroxylation is 1. The van der Waals surface area contributed by atoms with Gasteiger partial charge < -0.3 is 10.2 Å². The minimum Gasteiger partial charge on any atom is -0.325 e. The fourth-order valence-corrected chi connectivity index (χ4v) is 3.35. The lowest BCUT2D eigenvalue weighted by Crippen LogP contribution is -2.29. The molecule has 2 aromatic carbocycles. The van der Waals surface area contributed by atoms with Gasteiger partial charge in [-0.1, -0.05) is 44.2 Å². The predicted octanol–water partition coefficient (Wildman–Crippen LogP) is 4.25. The molecule has 0 saturated carbocycles. The Balaban J connectivity index is 1.79. The average Bonchev–Trinajstić information content (AvgIpc) is 2.98. The Hall–Kier alpha value is -2.69. The third kappa shape index (κ3) is 3.47. The molecule has 0 radical (unpaired) electrons. The molecule has 0 bridgehead atoms. The van der Waals surface area contributed by atoms with Crippen molar-refractivity contribution in [3.05, 3.63) is 59.4 Å². The molecule has 1 N–H and O–H groups in total. The number of hydrogen-bond donors (Lipinski definition) is 1. The van der Waals surface area contributed by atoms with Crippen LogP contribution in [0.4, 0.5) is 15.8 Å². The lowest BCUT2D eigenvalue weighted by Gasteiger charge is -2.19. The second-order valence-electron chi connectivity index (χ2n) is 7.04. The zero-order valence-corrected chi connectivity index (χ0v) is 15.3. The highest BCUT2D eigenvalue weighted by Gasteiger charge is 2.36. The normalized spacial score (nSPS) is 17.0. The Morgan fingerprint density at radius 1 is 1.19 bits per heavy atom. The monoisotopic (exact) mass is 354 g/mol. The smallest absolute Gasteiger partial charge is 0.229 e. The summed E-state index contributed by atoms with van der Waals surface area (Å²) in [5, 5.41) is 3.00. The Morgan fingerprint density at radius 2 is 1.92 bits per heavy atom. The van der Waals surface area contributed by atoms with Crippen molar-refractivity contribution in [3.8, 4) is 0 Å². The highest BCUT2D eigenvalue weighted by Crippen LogP contribution is 2.31. The number of benzene rings is 2. The van der Waals surface area contributed by atoms with Crippen molar-refractivity contribution in [2.75, 3.05) is 16.8 Å². The number of carbonyl (C=O) groups is 2. The van der Waals surface area contributed by atoms with Crippen LogP contribution < -0.4 is 10.2 Å². The molecule has 4 nitrogen and oxygen atoms in total. The number of hydrogen-bond acceptors (Lipinski definition) is 2. The molecule has 0 aromatic heterocycles. The molecule has 0 aliphatic carbocycles. The summed E-state index contributed by atoms with van der Waals surface area (Å²) in [5.74, 6) is -1.12. The van der Waals surface area contributed by atoms with Crippen LogP contribution in [0.5, 0.6) is 0 Å². The number of anilines is 2. The molecule has 2 aromatic rings. The van der Waals surface area contributed by atoms with Crippen LogP contribution in [0.25, 0.3) is 0 Å². The van der Waals surface area contributed by atoms with E-state index in [0.717, 1.165) is 16.8 Å². The maximum Gasteiger partial charge on any atom is 0.229 e. The van der Waals surface area contributed by atoms with Crippen LogP contribution in [-0.4, -0.2) is 18.4 Å². The Morgan fingerprint density at radius 3 is 2.62 bits per heavy atom. The number of rotatable bonds is 4. The van der Waals surface area contributed by atoms with Crippen molar-refractivity contribution in [2.24, 2.45) is 5.92 Å². The minimum atomic E-state index is -0.498. The topological polar surface area (TPSA) is 49.4 Å². The molecule has 1 unspecified atom stereocenters. The summed E-state index contributed by atoms with van der Waals surface area (Å²) in [6.07, 6.45) is 0.0864. The number of para-hydroxylation sites is 2. The molecule has 2 amide bonds. The summed E-state index contributed by atoms with van der Waals surface area (Å²) >= 11 is 0. The van der Waals surface area contributed by atoms with Gasteiger partial charge in [0.2, 0.25) is 11.8 Å². The van der Waals surface area contributed by atoms with Crippen molar-refractivity contribution in [2.45, 2.75) is 33.1 Å². The SMILES string of the molecule is Cc1cccc(C(C)C)c1NC(=O)C1CC(=O)N(c2ccccc2F)C1. The number of amides is 2. The minimum absolute atomic E-state index is 0.0864. The van der Waals surface area contributed by atoms with E-state index in [1.165, 1.54) is 11.0 Å². The first-order valence-corrected chi connectivity index (χ1v) is 8.83. The zero-order valence-electron chi connectivity index (χ0n) is 15.3. The molecule has 136 valence electrons. The maximum absolute atomic E-state index is 14.0. The molecule has 1 saturated heterocycles. The van der Waals surface area contributed by atoms with Crippen LogP contribution in [0.3, 0.4) is 0 Å². The van der Waals surface area contributed by atoms with Crippen LogP contribution in [-0.2, 0) is 9.59 Å². The third-order valence-corrected chi connectivity index (χ3v) is 4.81. The number of halogens is 1. The first-order chi connectivity index (χ1) is 12.4. The van der Waals surface area contributed by atoms with E-state index in [1.54, 1.807) is 18.2 Å². The summed E-state index contributed by atoms with van der Waals surface area (Å²) in [6.45, 7) is 6.29. The highest BCUT2D eigenvalue weighted by molar-refractivity contribution is 6.04. The van der Waals surface area contributed by atoms with Crippen LogP contribution in [0.2, 0.25) is 0 Å². The van der Waals surface area contributed by atoms with Crippen molar-refractivity contribution in [3.63, 3.8) is 0 Å². The van der Waals surface area contributed by atoms with Crippen molar-refractivity contribution < 1.29 is 14.0 Å². The lowest BCUT2D eigenvalue weighted by atomic mass is 9.97. The van der Waals surface area contributed by atoms with Crippen LogP contribution in [0.15, 0.2) is 42.5 Å². The summed E-state index contributed by atoms with van der Waals surface area (Å²) in [4.78, 5) is 26.4. The van der Waals surface area contributed by atoms with Crippen molar-refractivity contribution in [1.82, 2.24) is 0 Å². The number of carbonyl (C=O) groups excluding carboxylic acids is 2. The first kappa shape index (κ1) is 18.1. The summed E-state index contributed by atoms with van der Waals surface area (Å²) < 4.78 is 14.0. The third-order valence-electron chi connectivity index (χ3n) is 4.81.